The van der Waals surface area contributed by atoms with E-state index in [9.17, 15) is 26.3 Å². The number of hydrogen-bond acceptors (Lipinski definition) is 0. The molecule has 0 atom stereocenters. The number of halogens is 6. The Morgan fingerprint density at radius 3 is 1.73 bits per heavy atom. The molecular formula is C9H6F6. The number of alkyl halides is 6. The Labute approximate surface area is 81.5 Å². The molecule has 0 spiro atoms. The molecule has 0 saturated carbocycles. The highest BCUT2D eigenvalue weighted by Gasteiger charge is 2.35. The normalized spacial score (nSPS) is 13.0. The summed E-state index contributed by atoms with van der Waals surface area (Å²) in [5.74, 6) is 0. The molecule has 0 aliphatic heterocycles. The largest absolute Gasteiger partial charge is 0.416 e. The summed E-state index contributed by atoms with van der Waals surface area (Å²) in [6, 6.07) is 1.36. The maximum Gasteiger partial charge on any atom is 0.416 e. The predicted octanol–water partition coefficient (Wildman–Crippen LogP) is 4.03. The van der Waals surface area contributed by atoms with Gasteiger partial charge in [-0.3, -0.25) is 0 Å². The molecule has 1 aromatic carbocycles. The fourth-order valence-electron chi connectivity index (χ4n) is 1.16. The van der Waals surface area contributed by atoms with Crippen molar-refractivity contribution in [2.45, 2.75) is 19.3 Å². The lowest BCUT2D eigenvalue weighted by Crippen LogP contribution is -2.10. The summed E-state index contributed by atoms with van der Waals surface area (Å²) in [6.07, 6.45) is -9.23. The Hall–Kier alpha value is -1.20. The number of rotatable bonds is 0. The lowest BCUT2D eigenvalue weighted by Gasteiger charge is -2.12. The van der Waals surface area contributed by atoms with Crippen molar-refractivity contribution in [3.05, 3.63) is 34.9 Å². The second-order valence-corrected chi connectivity index (χ2v) is 3.03. The maximum absolute atomic E-state index is 12.2. The molecular weight excluding hydrogens is 222 g/mol. The van der Waals surface area contributed by atoms with Crippen molar-refractivity contribution in [1.29, 1.82) is 0 Å². The molecule has 0 nitrogen and oxygen atoms in total. The van der Waals surface area contributed by atoms with Crippen molar-refractivity contribution < 1.29 is 26.3 Å². The Balaban J connectivity index is 3.21. The molecule has 0 aliphatic rings. The first-order valence-electron chi connectivity index (χ1n) is 3.87. The topological polar surface area (TPSA) is 0 Å². The van der Waals surface area contributed by atoms with E-state index in [0.29, 0.717) is 18.2 Å². The monoisotopic (exact) mass is 228 g/mol. The van der Waals surface area contributed by atoms with E-state index >= 15 is 0 Å². The highest BCUT2D eigenvalue weighted by atomic mass is 19.4. The van der Waals surface area contributed by atoms with Crippen molar-refractivity contribution in [2.75, 3.05) is 0 Å². The van der Waals surface area contributed by atoms with E-state index in [1.54, 1.807) is 0 Å². The third-order valence-corrected chi connectivity index (χ3v) is 1.86. The van der Waals surface area contributed by atoms with Crippen LogP contribution in [0.5, 0.6) is 0 Å². The fourth-order valence-corrected chi connectivity index (χ4v) is 1.16. The molecule has 0 aromatic heterocycles. The molecule has 6 heteroatoms. The van der Waals surface area contributed by atoms with Gasteiger partial charge < -0.3 is 0 Å². The highest BCUT2D eigenvalue weighted by molar-refractivity contribution is 5.34. The molecule has 0 amide bonds. The zero-order chi connectivity index (χ0) is 11.9. The first-order valence-corrected chi connectivity index (χ1v) is 3.87. The summed E-state index contributed by atoms with van der Waals surface area (Å²) in [6.45, 7) is 0.998. The van der Waals surface area contributed by atoms with Crippen molar-refractivity contribution in [2.24, 2.45) is 0 Å². The van der Waals surface area contributed by atoms with E-state index in [1.165, 1.54) is 0 Å². The summed E-state index contributed by atoms with van der Waals surface area (Å²) >= 11 is 0. The molecule has 0 N–H and O–H groups in total. The molecule has 0 saturated heterocycles. The van der Waals surface area contributed by atoms with Gasteiger partial charge in [-0.05, 0) is 30.7 Å². The summed E-state index contributed by atoms with van der Waals surface area (Å²) in [4.78, 5) is 0. The van der Waals surface area contributed by atoms with Crippen LogP contribution in [-0.4, -0.2) is 0 Å². The Kier molecular flexibility index (Phi) is 2.71. The van der Waals surface area contributed by atoms with Gasteiger partial charge in [0, 0.05) is 0 Å². The van der Waals surface area contributed by atoms with Crippen LogP contribution in [0.1, 0.15) is 16.7 Å². The molecule has 15 heavy (non-hydrogen) atoms. The van der Waals surface area contributed by atoms with E-state index in [1.807, 2.05) is 0 Å². The van der Waals surface area contributed by atoms with E-state index in [-0.39, 0.29) is 0 Å². The molecule has 0 heterocycles. The van der Waals surface area contributed by atoms with Crippen LogP contribution in [0.15, 0.2) is 18.2 Å². The van der Waals surface area contributed by atoms with Gasteiger partial charge in [-0.15, -0.1) is 0 Å². The van der Waals surface area contributed by atoms with E-state index in [2.05, 4.69) is 0 Å². The van der Waals surface area contributed by atoms with Crippen LogP contribution in [0.3, 0.4) is 0 Å². The van der Waals surface area contributed by atoms with E-state index in [0.717, 1.165) is 6.92 Å². The second kappa shape index (κ2) is 3.43. The lowest BCUT2D eigenvalue weighted by atomic mass is 10.0. The first-order chi connectivity index (χ1) is 6.62. The van der Waals surface area contributed by atoms with Crippen LogP contribution in [0.25, 0.3) is 0 Å². The molecule has 0 unspecified atom stereocenters. The molecule has 0 aliphatic carbocycles. The minimum atomic E-state index is -4.62. The highest BCUT2D eigenvalue weighted by Crippen LogP contribution is 2.35. The van der Waals surface area contributed by atoms with Crippen LogP contribution < -0.4 is 0 Å². The van der Waals surface area contributed by atoms with Crippen LogP contribution in [0, 0.1) is 6.92 Å². The van der Waals surface area contributed by atoms with Gasteiger partial charge in [-0.25, -0.2) is 0 Å². The molecule has 1 aromatic rings. The molecule has 84 valence electrons. The summed E-state index contributed by atoms with van der Waals surface area (Å²) in [5.41, 5.74) is -2.55. The number of aryl methyl sites for hydroxylation is 1. The second-order valence-electron chi connectivity index (χ2n) is 3.03. The summed E-state index contributed by atoms with van der Waals surface area (Å²) < 4.78 is 72.9. The Bertz CT molecular complexity index is 360. The molecule has 0 bridgehead atoms. The lowest BCUT2D eigenvalue weighted by molar-refractivity contribution is -0.141. The zero-order valence-electron chi connectivity index (χ0n) is 7.50. The average Bonchev–Trinajstić information content (AvgIpc) is 1.99. The van der Waals surface area contributed by atoms with E-state index in [4.69, 9.17) is 0 Å². The van der Waals surface area contributed by atoms with Gasteiger partial charge >= 0.3 is 12.4 Å². The van der Waals surface area contributed by atoms with Gasteiger partial charge in [0.25, 0.3) is 0 Å². The molecule has 0 fully saturated rings. The number of hydrogen-bond donors (Lipinski definition) is 0. The minimum Gasteiger partial charge on any atom is -0.166 e. The van der Waals surface area contributed by atoms with Crippen LogP contribution in [0.4, 0.5) is 26.3 Å². The van der Waals surface area contributed by atoms with Gasteiger partial charge in [0.2, 0.25) is 0 Å². The zero-order valence-corrected chi connectivity index (χ0v) is 7.50. The van der Waals surface area contributed by atoms with Gasteiger partial charge in [0.05, 0.1) is 11.1 Å². The summed E-state index contributed by atoms with van der Waals surface area (Å²) in [7, 11) is 0. The van der Waals surface area contributed by atoms with Gasteiger partial charge in [0.1, 0.15) is 0 Å². The Morgan fingerprint density at radius 2 is 1.40 bits per heavy atom. The Morgan fingerprint density at radius 1 is 0.867 bits per heavy atom. The van der Waals surface area contributed by atoms with Crippen molar-refractivity contribution in [3.8, 4) is 0 Å². The predicted molar refractivity (Wildman–Crippen MR) is 41.2 cm³/mol. The van der Waals surface area contributed by atoms with Crippen molar-refractivity contribution in [1.82, 2.24) is 0 Å². The van der Waals surface area contributed by atoms with Crippen LogP contribution in [-0.2, 0) is 12.4 Å². The van der Waals surface area contributed by atoms with Crippen molar-refractivity contribution >= 4 is 0 Å². The summed E-state index contributed by atoms with van der Waals surface area (Å²) in [5, 5.41) is 0. The average molecular weight is 228 g/mol. The minimum absolute atomic E-state index is 0.426. The third kappa shape index (κ3) is 2.64. The number of benzene rings is 1. The smallest absolute Gasteiger partial charge is 0.166 e. The third-order valence-electron chi connectivity index (χ3n) is 1.86. The SMILES string of the molecule is Cc1cc(C(F)(F)F)ccc1C(F)(F)F. The standard InChI is InChI=1S/C9H6F6/c1-5-4-6(8(10,11)12)2-3-7(5)9(13,14)15/h2-4H,1H3. The van der Waals surface area contributed by atoms with Crippen LogP contribution >= 0.6 is 0 Å². The van der Waals surface area contributed by atoms with E-state index < -0.39 is 29.0 Å². The van der Waals surface area contributed by atoms with Gasteiger partial charge in [0.15, 0.2) is 0 Å². The maximum atomic E-state index is 12.2. The first kappa shape index (κ1) is 11.9. The molecule has 1 rings (SSSR count). The quantitative estimate of drug-likeness (QED) is 0.588. The van der Waals surface area contributed by atoms with Crippen LogP contribution in [0.2, 0.25) is 0 Å². The van der Waals surface area contributed by atoms with Gasteiger partial charge in [-0.2, -0.15) is 26.3 Å². The van der Waals surface area contributed by atoms with Crippen molar-refractivity contribution in [3.63, 3.8) is 0 Å². The molecule has 0 radical (unpaired) electrons. The fraction of sp³-hybridized carbons (Fsp3) is 0.333. The van der Waals surface area contributed by atoms with Gasteiger partial charge in [-0.1, -0.05) is 0 Å².